The molecule has 3 aromatic carbocycles. The molecule has 4 aromatic rings. The highest BCUT2D eigenvalue weighted by atomic mass is 32.1. The van der Waals surface area contributed by atoms with E-state index in [4.69, 9.17) is 12.2 Å². The molecule has 0 saturated heterocycles. The quantitative estimate of drug-likeness (QED) is 0.466. The van der Waals surface area contributed by atoms with Crippen molar-refractivity contribution in [2.75, 3.05) is 0 Å². The highest BCUT2D eigenvalue weighted by Crippen LogP contribution is 2.37. The molecular formula is C20H15N3O2S. The van der Waals surface area contributed by atoms with Crippen LogP contribution in [0, 0.1) is 4.77 Å². The number of rotatable bonds is 2. The van der Waals surface area contributed by atoms with Crippen LogP contribution in [0.3, 0.4) is 0 Å². The van der Waals surface area contributed by atoms with E-state index >= 15 is 0 Å². The van der Waals surface area contributed by atoms with E-state index in [9.17, 15) is 10.2 Å². The molecule has 0 unspecified atom stereocenters. The summed E-state index contributed by atoms with van der Waals surface area (Å²) in [5, 5.41) is 29.4. The van der Waals surface area contributed by atoms with E-state index in [2.05, 4.69) is 40.5 Å². The van der Waals surface area contributed by atoms with E-state index in [1.54, 1.807) is 6.07 Å². The van der Waals surface area contributed by atoms with Gasteiger partial charge in [0.15, 0.2) is 10.6 Å². The molecule has 5 rings (SSSR count). The van der Waals surface area contributed by atoms with E-state index in [0.29, 0.717) is 16.2 Å². The summed E-state index contributed by atoms with van der Waals surface area (Å²) in [4.78, 5) is 0. The molecule has 1 aromatic heterocycles. The predicted molar refractivity (Wildman–Crippen MR) is 102 cm³/mol. The second-order valence-corrected chi connectivity index (χ2v) is 6.86. The van der Waals surface area contributed by atoms with Crippen LogP contribution in [0.25, 0.3) is 27.8 Å². The zero-order valence-electron chi connectivity index (χ0n) is 13.7. The summed E-state index contributed by atoms with van der Waals surface area (Å²) in [5.74, 6) is 0.453. The highest BCUT2D eigenvalue weighted by molar-refractivity contribution is 7.71. The van der Waals surface area contributed by atoms with Crippen molar-refractivity contribution in [2.45, 2.75) is 12.8 Å². The monoisotopic (exact) mass is 361 g/mol. The van der Waals surface area contributed by atoms with Crippen molar-refractivity contribution >= 4 is 23.0 Å². The van der Waals surface area contributed by atoms with Crippen LogP contribution in [0.15, 0.2) is 48.5 Å². The number of hydrogen-bond acceptors (Lipinski definition) is 4. The van der Waals surface area contributed by atoms with E-state index in [1.165, 1.54) is 28.6 Å². The van der Waals surface area contributed by atoms with Crippen LogP contribution in [0.4, 0.5) is 0 Å². The third-order valence-corrected chi connectivity index (χ3v) is 5.26. The summed E-state index contributed by atoms with van der Waals surface area (Å²) >= 11 is 5.48. The minimum absolute atomic E-state index is 0.00253. The van der Waals surface area contributed by atoms with Gasteiger partial charge in [0.2, 0.25) is 0 Å². The van der Waals surface area contributed by atoms with Gasteiger partial charge in [-0.15, -0.1) is 0 Å². The zero-order chi connectivity index (χ0) is 17.8. The number of aromatic amines is 1. The van der Waals surface area contributed by atoms with Crippen LogP contribution >= 0.6 is 12.2 Å². The fourth-order valence-electron chi connectivity index (χ4n) is 3.84. The molecule has 0 saturated carbocycles. The second kappa shape index (κ2) is 5.44. The average molecular weight is 361 g/mol. The lowest BCUT2D eigenvalue weighted by Crippen LogP contribution is -2.00. The Balaban J connectivity index is 1.83. The van der Waals surface area contributed by atoms with Gasteiger partial charge in [-0.2, -0.15) is 5.10 Å². The first-order chi connectivity index (χ1) is 12.6. The molecule has 26 heavy (non-hydrogen) atoms. The van der Waals surface area contributed by atoms with Gasteiger partial charge in [0.05, 0.1) is 11.3 Å². The molecule has 0 atom stereocenters. The molecule has 5 nitrogen and oxygen atoms in total. The zero-order valence-corrected chi connectivity index (χ0v) is 14.5. The van der Waals surface area contributed by atoms with E-state index in [0.717, 1.165) is 23.9 Å². The van der Waals surface area contributed by atoms with Gasteiger partial charge in [0.25, 0.3) is 0 Å². The first-order valence-corrected chi connectivity index (χ1v) is 8.78. The fourth-order valence-corrected chi connectivity index (χ4v) is 4.07. The minimum atomic E-state index is -0.0498. The van der Waals surface area contributed by atoms with Gasteiger partial charge in [-0.3, -0.25) is 9.67 Å². The van der Waals surface area contributed by atoms with Crippen molar-refractivity contribution in [3.63, 3.8) is 0 Å². The van der Waals surface area contributed by atoms with E-state index < -0.39 is 0 Å². The van der Waals surface area contributed by atoms with Crippen molar-refractivity contribution in [3.05, 3.63) is 64.4 Å². The van der Waals surface area contributed by atoms with Crippen molar-refractivity contribution in [2.24, 2.45) is 0 Å². The van der Waals surface area contributed by atoms with Crippen LogP contribution in [0.5, 0.6) is 11.5 Å². The number of phenols is 2. The molecule has 1 aliphatic carbocycles. The smallest absolute Gasteiger partial charge is 0.200 e. The Morgan fingerprint density at radius 3 is 2.62 bits per heavy atom. The number of nitrogens with zero attached hydrogens (tertiary/aromatic N) is 2. The maximum Gasteiger partial charge on any atom is 0.200 e. The summed E-state index contributed by atoms with van der Waals surface area (Å²) in [7, 11) is 0. The normalized spacial score (nSPS) is 12.8. The Labute approximate surface area is 154 Å². The molecule has 6 heteroatoms. The standard InChI is InChI=1S/C20H15N3O2S/c24-13-7-8-15(17(25)10-13)19-21-22-20(26)23(19)16-9-6-12-5-4-11-2-1-3-14(16)18(11)12/h1-3,6-10,24-25H,4-5H2,(H,22,26). The molecule has 1 aliphatic rings. The number of hydrogen-bond donors (Lipinski definition) is 3. The van der Waals surface area contributed by atoms with Crippen LogP contribution in [0.2, 0.25) is 0 Å². The second-order valence-electron chi connectivity index (χ2n) is 6.47. The lowest BCUT2D eigenvalue weighted by molar-refractivity contribution is 0.451. The van der Waals surface area contributed by atoms with Gasteiger partial charge in [-0.1, -0.05) is 24.3 Å². The van der Waals surface area contributed by atoms with Gasteiger partial charge in [0, 0.05) is 11.5 Å². The SMILES string of the molecule is Oc1ccc(-c2n[nH]c(=S)n2-c2ccc3c4c(cccc24)CC3)c(O)c1. The van der Waals surface area contributed by atoms with Crippen LogP contribution < -0.4 is 0 Å². The maximum absolute atomic E-state index is 10.3. The summed E-state index contributed by atoms with van der Waals surface area (Å²) < 4.78 is 2.29. The van der Waals surface area contributed by atoms with Crippen molar-refractivity contribution in [1.29, 1.82) is 0 Å². The Morgan fingerprint density at radius 1 is 1.00 bits per heavy atom. The Hall–Kier alpha value is -3.12. The summed E-state index contributed by atoms with van der Waals surface area (Å²) in [6.07, 6.45) is 2.11. The van der Waals surface area contributed by atoms with Crippen molar-refractivity contribution in [1.82, 2.24) is 14.8 Å². The van der Waals surface area contributed by atoms with Crippen molar-refractivity contribution in [3.8, 4) is 28.6 Å². The van der Waals surface area contributed by atoms with Crippen LogP contribution in [-0.4, -0.2) is 25.0 Å². The molecule has 0 spiro atoms. The van der Waals surface area contributed by atoms with E-state index in [1.807, 2.05) is 4.57 Å². The molecule has 0 aliphatic heterocycles. The maximum atomic E-state index is 10.3. The van der Waals surface area contributed by atoms with Crippen LogP contribution in [-0.2, 0) is 12.8 Å². The molecule has 0 amide bonds. The average Bonchev–Trinajstić information content (AvgIpc) is 3.21. The van der Waals surface area contributed by atoms with E-state index in [-0.39, 0.29) is 11.5 Å². The lowest BCUT2D eigenvalue weighted by Gasteiger charge is -2.13. The van der Waals surface area contributed by atoms with Gasteiger partial charge < -0.3 is 10.2 Å². The number of H-pyrrole nitrogens is 1. The number of benzene rings is 3. The number of nitrogens with one attached hydrogen (secondary N) is 1. The molecule has 0 bridgehead atoms. The Kier molecular flexibility index (Phi) is 3.17. The molecule has 1 heterocycles. The number of aryl methyl sites for hydroxylation is 2. The lowest BCUT2D eigenvalue weighted by atomic mass is 10.0. The largest absolute Gasteiger partial charge is 0.508 e. The summed E-state index contributed by atoms with van der Waals surface area (Å²) in [5.41, 5.74) is 4.12. The molecular weight excluding hydrogens is 346 g/mol. The molecule has 128 valence electrons. The molecule has 0 radical (unpaired) electrons. The highest BCUT2D eigenvalue weighted by Gasteiger charge is 2.20. The molecule has 3 N–H and O–H groups in total. The predicted octanol–water partition coefficient (Wildman–Crippen LogP) is 4.26. The first kappa shape index (κ1) is 15.2. The topological polar surface area (TPSA) is 74.1 Å². The third-order valence-electron chi connectivity index (χ3n) is 4.99. The molecule has 0 fully saturated rings. The summed E-state index contributed by atoms with van der Waals surface area (Å²) in [6.45, 7) is 0. The van der Waals surface area contributed by atoms with Gasteiger partial charge in [-0.25, -0.2) is 0 Å². The third kappa shape index (κ3) is 2.09. The van der Waals surface area contributed by atoms with Gasteiger partial charge in [-0.05, 0) is 59.8 Å². The fraction of sp³-hybridized carbons (Fsp3) is 0.100. The van der Waals surface area contributed by atoms with Crippen LogP contribution in [0.1, 0.15) is 11.1 Å². The van der Waals surface area contributed by atoms with Gasteiger partial charge >= 0.3 is 0 Å². The first-order valence-electron chi connectivity index (χ1n) is 8.37. The number of aromatic hydroxyl groups is 2. The Morgan fingerprint density at radius 2 is 1.81 bits per heavy atom. The Bertz CT molecular complexity index is 1230. The minimum Gasteiger partial charge on any atom is -0.508 e. The summed E-state index contributed by atoms with van der Waals surface area (Å²) in [6, 6.07) is 15.0. The van der Waals surface area contributed by atoms with Gasteiger partial charge in [0.1, 0.15) is 11.5 Å². The van der Waals surface area contributed by atoms with Crippen molar-refractivity contribution < 1.29 is 10.2 Å². The number of phenolic OH excluding ortho intramolecular Hbond substituents is 2. The number of aromatic nitrogens is 3.